The van der Waals surface area contributed by atoms with Crippen LogP contribution >= 0.6 is 0 Å². The minimum absolute atomic E-state index is 0.0111. The lowest BCUT2D eigenvalue weighted by Gasteiger charge is -2.24. The molecule has 2 heterocycles. The van der Waals surface area contributed by atoms with Crippen molar-refractivity contribution in [2.24, 2.45) is 0 Å². The zero-order valence-electron chi connectivity index (χ0n) is 15.7. The fourth-order valence-electron chi connectivity index (χ4n) is 3.63. The van der Waals surface area contributed by atoms with E-state index in [0.717, 1.165) is 41.4 Å². The van der Waals surface area contributed by atoms with Crippen molar-refractivity contribution >= 4 is 11.6 Å². The molecule has 2 aromatic heterocycles. The molecule has 0 radical (unpaired) electrons. The van der Waals surface area contributed by atoms with Gasteiger partial charge >= 0.3 is 0 Å². The first kappa shape index (κ1) is 17.5. The Hall–Kier alpha value is -2.96. The summed E-state index contributed by atoms with van der Waals surface area (Å²) in [7, 11) is 3.27. The van der Waals surface area contributed by atoms with Crippen molar-refractivity contribution in [3.8, 4) is 11.5 Å². The third-order valence-electron chi connectivity index (χ3n) is 4.98. The molecule has 0 N–H and O–H groups in total. The molecule has 27 heavy (non-hydrogen) atoms. The van der Waals surface area contributed by atoms with E-state index in [0.29, 0.717) is 24.2 Å². The van der Waals surface area contributed by atoms with Crippen LogP contribution in [0.25, 0.3) is 5.78 Å². The van der Waals surface area contributed by atoms with Crippen molar-refractivity contribution in [3.63, 3.8) is 0 Å². The molecule has 0 aliphatic heterocycles. The minimum atomic E-state index is -0.0111. The quantitative estimate of drug-likeness (QED) is 0.691. The van der Waals surface area contributed by atoms with Gasteiger partial charge in [-0.3, -0.25) is 4.79 Å². The number of fused-ring (bicyclic) bond motifs is 2. The molecular formula is C20H22N4O3. The van der Waals surface area contributed by atoms with Crippen LogP contribution in [0.2, 0.25) is 0 Å². The van der Waals surface area contributed by atoms with Gasteiger partial charge in [0, 0.05) is 30.5 Å². The van der Waals surface area contributed by atoms with Gasteiger partial charge in [0.1, 0.15) is 11.5 Å². The monoisotopic (exact) mass is 366 g/mol. The Kier molecular flexibility index (Phi) is 4.51. The molecule has 1 aromatic carbocycles. The molecule has 3 aromatic rings. The molecule has 0 unspecified atom stereocenters. The summed E-state index contributed by atoms with van der Waals surface area (Å²) in [6.45, 7) is 2.08. The normalized spacial score (nSPS) is 16.4. The van der Waals surface area contributed by atoms with Crippen LogP contribution in [0.5, 0.6) is 11.5 Å². The van der Waals surface area contributed by atoms with Crippen LogP contribution < -0.4 is 9.47 Å². The molecular weight excluding hydrogens is 344 g/mol. The summed E-state index contributed by atoms with van der Waals surface area (Å²) in [4.78, 5) is 21.9. The van der Waals surface area contributed by atoms with Crippen LogP contribution in [0.3, 0.4) is 0 Å². The SMILES string of the molecule is CCCc1nc2nc3c(cn2n1)C(=O)C[C@@H](c1cc(OC)ccc1OC)C3. The zero-order valence-corrected chi connectivity index (χ0v) is 15.7. The lowest BCUT2D eigenvalue weighted by atomic mass is 9.81. The van der Waals surface area contributed by atoms with Crippen LogP contribution in [0, 0.1) is 0 Å². The fraction of sp³-hybridized carbons (Fsp3) is 0.400. The highest BCUT2D eigenvalue weighted by molar-refractivity contribution is 5.98. The predicted octanol–water partition coefficient (Wildman–Crippen LogP) is 3.01. The number of ether oxygens (including phenoxy) is 2. The number of Topliss-reactive ketones (excluding diaryl/α,β-unsaturated/α-hetero) is 1. The van der Waals surface area contributed by atoms with Gasteiger partial charge in [0.25, 0.3) is 5.78 Å². The highest BCUT2D eigenvalue weighted by atomic mass is 16.5. The van der Waals surface area contributed by atoms with Crippen molar-refractivity contribution in [2.45, 2.75) is 38.5 Å². The Labute approximate surface area is 157 Å². The van der Waals surface area contributed by atoms with Crippen LogP contribution in [0.4, 0.5) is 0 Å². The fourth-order valence-corrected chi connectivity index (χ4v) is 3.63. The van der Waals surface area contributed by atoms with Gasteiger partial charge in [-0.25, -0.2) is 9.50 Å². The number of rotatable bonds is 5. The molecule has 0 saturated carbocycles. The molecule has 140 valence electrons. The first-order chi connectivity index (χ1) is 13.1. The maximum absolute atomic E-state index is 12.8. The van der Waals surface area contributed by atoms with Gasteiger partial charge in [-0.2, -0.15) is 4.98 Å². The molecule has 7 nitrogen and oxygen atoms in total. The molecule has 4 rings (SSSR count). The Morgan fingerprint density at radius 1 is 1.19 bits per heavy atom. The van der Waals surface area contributed by atoms with Crippen LogP contribution in [-0.2, 0) is 12.8 Å². The van der Waals surface area contributed by atoms with Gasteiger partial charge in [0.05, 0.1) is 25.5 Å². The summed E-state index contributed by atoms with van der Waals surface area (Å²) in [6.07, 6.45) is 4.58. The maximum atomic E-state index is 12.8. The summed E-state index contributed by atoms with van der Waals surface area (Å²) in [5.74, 6) is 2.85. The third-order valence-corrected chi connectivity index (χ3v) is 4.98. The summed E-state index contributed by atoms with van der Waals surface area (Å²) in [6, 6.07) is 5.67. The predicted molar refractivity (Wildman–Crippen MR) is 99.7 cm³/mol. The number of carbonyl (C=O) groups is 1. The van der Waals surface area contributed by atoms with Gasteiger partial charge in [-0.15, -0.1) is 5.10 Å². The standard InChI is InChI=1S/C20H22N4O3/c1-4-5-19-22-20-21-16-8-12(9-17(25)15(16)11-24(20)23-19)14-10-13(26-2)6-7-18(14)27-3/h6-7,10-12H,4-5,8-9H2,1-3H3/t12-/m0/s1. The third kappa shape index (κ3) is 3.13. The number of benzene rings is 1. The van der Waals surface area contributed by atoms with Gasteiger partial charge in [-0.05, 0) is 31.0 Å². The first-order valence-corrected chi connectivity index (χ1v) is 9.13. The van der Waals surface area contributed by atoms with Crippen LogP contribution in [0.1, 0.15) is 53.1 Å². The molecule has 0 spiro atoms. The number of nitrogens with zero attached hydrogens (tertiary/aromatic N) is 4. The smallest absolute Gasteiger partial charge is 0.252 e. The molecule has 1 aliphatic carbocycles. The molecule has 7 heteroatoms. The summed E-state index contributed by atoms with van der Waals surface area (Å²) >= 11 is 0. The van der Waals surface area contributed by atoms with Gasteiger partial charge in [-0.1, -0.05) is 6.92 Å². The van der Waals surface area contributed by atoms with Gasteiger partial charge < -0.3 is 9.47 Å². The zero-order chi connectivity index (χ0) is 19.0. The number of methoxy groups -OCH3 is 2. The highest BCUT2D eigenvalue weighted by Gasteiger charge is 2.30. The molecule has 0 amide bonds. The van der Waals surface area contributed by atoms with Crippen molar-refractivity contribution in [1.29, 1.82) is 0 Å². The second-order valence-corrected chi connectivity index (χ2v) is 6.76. The van der Waals surface area contributed by atoms with Crippen molar-refractivity contribution < 1.29 is 14.3 Å². The molecule has 0 bridgehead atoms. The second kappa shape index (κ2) is 6.98. The Morgan fingerprint density at radius 3 is 2.78 bits per heavy atom. The van der Waals surface area contributed by atoms with Crippen LogP contribution in [0.15, 0.2) is 24.4 Å². The molecule has 1 atom stereocenters. The van der Waals surface area contributed by atoms with E-state index in [9.17, 15) is 4.79 Å². The highest BCUT2D eigenvalue weighted by Crippen LogP contribution is 2.38. The van der Waals surface area contributed by atoms with Crippen molar-refractivity contribution in [3.05, 3.63) is 47.0 Å². The van der Waals surface area contributed by atoms with E-state index in [-0.39, 0.29) is 11.7 Å². The maximum Gasteiger partial charge on any atom is 0.252 e. The Bertz CT molecular complexity index is 1010. The number of aromatic nitrogens is 4. The number of hydrogen-bond donors (Lipinski definition) is 0. The number of ketones is 1. The van der Waals surface area contributed by atoms with Crippen molar-refractivity contribution in [1.82, 2.24) is 19.6 Å². The Balaban J connectivity index is 1.74. The molecule has 0 saturated heterocycles. The average Bonchev–Trinajstić information content (AvgIpc) is 3.07. The first-order valence-electron chi connectivity index (χ1n) is 9.13. The van der Waals surface area contributed by atoms with E-state index in [1.807, 2.05) is 18.2 Å². The largest absolute Gasteiger partial charge is 0.497 e. The molecule has 0 fully saturated rings. The van der Waals surface area contributed by atoms with Gasteiger partial charge in [0.15, 0.2) is 11.6 Å². The average molecular weight is 366 g/mol. The van der Waals surface area contributed by atoms with E-state index in [4.69, 9.17) is 9.47 Å². The number of carbonyl (C=O) groups excluding carboxylic acids is 1. The molecule has 1 aliphatic rings. The summed E-state index contributed by atoms with van der Waals surface area (Å²) in [5, 5.41) is 4.43. The Morgan fingerprint density at radius 2 is 2.04 bits per heavy atom. The van der Waals surface area contributed by atoms with E-state index >= 15 is 0 Å². The number of hydrogen-bond acceptors (Lipinski definition) is 6. The van der Waals surface area contributed by atoms with Crippen LogP contribution in [-0.4, -0.2) is 39.6 Å². The summed E-state index contributed by atoms with van der Waals surface area (Å²) in [5.41, 5.74) is 2.36. The number of aryl methyl sites for hydroxylation is 1. The van der Waals surface area contributed by atoms with Crippen molar-refractivity contribution in [2.75, 3.05) is 14.2 Å². The summed E-state index contributed by atoms with van der Waals surface area (Å²) < 4.78 is 12.5. The van der Waals surface area contributed by atoms with E-state index in [2.05, 4.69) is 22.0 Å². The topological polar surface area (TPSA) is 78.6 Å². The van der Waals surface area contributed by atoms with E-state index in [1.165, 1.54) is 0 Å². The minimum Gasteiger partial charge on any atom is -0.497 e. The van der Waals surface area contributed by atoms with E-state index in [1.54, 1.807) is 24.9 Å². The second-order valence-electron chi connectivity index (χ2n) is 6.76. The lowest BCUT2D eigenvalue weighted by molar-refractivity contribution is 0.0962. The van der Waals surface area contributed by atoms with Gasteiger partial charge in [0.2, 0.25) is 0 Å². The lowest BCUT2D eigenvalue weighted by Crippen LogP contribution is -2.21. The van der Waals surface area contributed by atoms with E-state index < -0.39 is 0 Å².